The second-order valence-electron chi connectivity index (χ2n) is 8.69. The van der Waals surface area contributed by atoms with Gasteiger partial charge in [-0.15, -0.1) is 0 Å². The molecule has 0 bridgehead atoms. The van der Waals surface area contributed by atoms with Gasteiger partial charge in [0.25, 0.3) is 5.91 Å². The van der Waals surface area contributed by atoms with E-state index in [9.17, 15) is 14.4 Å². The average Bonchev–Trinajstić information content (AvgIpc) is 3.46. The van der Waals surface area contributed by atoms with E-state index in [4.69, 9.17) is 19.3 Å². The highest BCUT2D eigenvalue weighted by Crippen LogP contribution is 2.44. The first-order chi connectivity index (χ1) is 17.0. The molecule has 35 heavy (non-hydrogen) atoms. The van der Waals surface area contributed by atoms with Crippen molar-refractivity contribution in [3.8, 4) is 11.1 Å². The predicted molar refractivity (Wildman–Crippen MR) is 127 cm³/mol. The number of fused-ring (bicyclic) bond motifs is 3. The molecule has 4 rings (SSSR count). The number of hydrogen-bond acceptors (Lipinski definition) is 6. The van der Waals surface area contributed by atoms with Crippen LogP contribution in [0.5, 0.6) is 0 Å². The van der Waals surface area contributed by atoms with E-state index in [1.807, 2.05) is 24.3 Å². The lowest BCUT2D eigenvalue weighted by molar-refractivity contribution is -0.150. The number of ether oxygens (including phenoxy) is 3. The summed E-state index contributed by atoms with van der Waals surface area (Å²) < 4.78 is 16.2. The highest BCUT2D eigenvalue weighted by Gasteiger charge is 2.37. The molecule has 1 fully saturated rings. The molecule has 1 saturated heterocycles. The summed E-state index contributed by atoms with van der Waals surface area (Å²) in [5.74, 6) is -1.84. The highest BCUT2D eigenvalue weighted by molar-refractivity contribution is 5.85. The third-order valence-electron chi connectivity index (χ3n) is 6.51. The Kier molecular flexibility index (Phi) is 7.99. The minimum atomic E-state index is -1.11. The van der Waals surface area contributed by atoms with Gasteiger partial charge in [-0.05, 0) is 28.7 Å². The van der Waals surface area contributed by atoms with E-state index in [2.05, 4.69) is 29.6 Å². The topological polar surface area (TPSA) is 114 Å². The van der Waals surface area contributed by atoms with Crippen molar-refractivity contribution in [1.82, 2.24) is 10.2 Å². The Morgan fingerprint density at radius 3 is 2.37 bits per heavy atom. The van der Waals surface area contributed by atoms with Crippen molar-refractivity contribution in [2.75, 3.05) is 46.6 Å². The van der Waals surface area contributed by atoms with E-state index in [1.54, 1.807) is 0 Å². The zero-order valence-corrected chi connectivity index (χ0v) is 19.6. The summed E-state index contributed by atoms with van der Waals surface area (Å²) in [6, 6.07) is 16.2. The lowest BCUT2D eigenvalue weighted by Crippen LogP contribution is -2.47. The van der Waals surface area contributed by atoms with Crippen LogP contribution in [0.3, 0.4) is 0 Å². The Hall–Kier alpha value is -3.43. The van der Waals surface area contributed by atoms with Gasteiger partial charge in [0.2, 0.25) is 0 Å². The molecular weight excluding hydrogens is 452 g/mol. The molecular formula is C26H30N2O7. The molecule has 0 aromatic heterocycles. The van der Waals surface area contributed by atoms with Crippen molar-refractivity contribution in [2.24, 2.45) is 5.92 Å². The second kappa shape index (κ2) is 11.3. The Morgan fingerprint density at radius 2 is 1.74 bits per heavy atom. The van der Waals surface area contributed by atoms with Gasteiger partial charge in [-0.3, -0.25) is 9.59 Å². The molecule has 0 saturated carbocycles. The normalized spacial score (nSPS) is 18.5. The summed E-state index contributed by atoms with van der Waals surface area (Å²) in [6.07, 6.45) is -0.808. The van der Waals surface area contributed by atoms with Crippen molar-refractivity contribution in [3.63, 3.8) is 0 Å². The quantitative estimate of drug-likeness (QED) is 0.535. The molecule has 2 aliphatic rings. The van der Waals surface area contributed by atoms with Crippen LogP contribution in [0.15, 0.2) is 48.5 Å². The second-order valence-corrected chi connectivity index (χ2v) is 8.69. The molecule has 1 aliphatic heterocycles. The average molecular weight is 483 g/mol. The molecule has 2 aromatic rings. The summed E-state index contributed by atoms with van der Waals surface area (Å²) in [5, 5.41) is 11.9. The molecule has 186 valence electrons. The lowest BCUT2D eigenvalue weighted by Gasteiger charge is -2.26. The molecule has 2 amide bonds. The van der Waals surface area contributed by atoms with Crippen molar-refractivity contribution < 1.29 is 33.7 Å². The Balaban J connectivity index is 1.32. The fourth-order valence-corrected chi connectivity index (χ4v) is 4.79. The first-order valence-corrected chi connectivity index (χ1v) is 11.7. The maximum atomic E-state index is 12.9. The van der Waals surface area contributed by atoms with E-state index in [0.717, 1.165) is 22.3 Å². The molecule has 1 heterocycles. The number of amides is 2. The molecule has 2 aromatic carbocycles. The van der Waals surface area contributed by atoms with Crippen LogP contribution in [-0.2, 0) is 23.8 Å². The van der Waals surface area contributed by atoms with Crippen LogP contribution < -0.4 is 5.32 Å². The van der Waals surface area contributed by atoms with E-state index >= 15 is 0 Å². The van der Waals surface area contributed by atoms with Crippen LogP contribution >= 0.6 is 0 Å². The standard InChI is InChI=1S/C26H30N2O7/c1-33-13-11-28(15-23(29)30)25(31)24-17(10-12-34-24)14-27-26(32)35-16-22-20-8-4-2-6-18(20)19-7-3-5-9-21(19)22/h2-9,17,22,24H,10-16H2,1H3,(H,27,32)(H,29,30). The summed E-state index contributed by atoms with van der Waals surface area (Å²) >= 11 is 0. The van der Waals surface area contributed by atoms with Gasteiger partial charge >= 0.3 is 12.1 Å². The minimum Gasteiger partial charge on any atom is -0.480 e. The number of carboxylic acid groups (broad SMARTS) is 1. The Morgan fingerprint density at radius 1 is 1.09 bits per heavy atom. The number of nitrogens with zero attached hydrogens (tertiary/aromatic N) is 1. The van der Waals surface area contributed by atoms with Gasteiger partial charge in [0.05, 0.1) is 6.61 Å². The zero-order chi connectivity index (χ0) is 24.8. The third kappa shape index (κ3) is 5.63. The van der Waals surface area contributed by atoms with Crippen molar-refractivity contribution in [2.45, 2.75) is 18.4 Å². The molecule has 9 nitrogen and oxygen atoms in total. The number of carbonyl (C=O) groups is 3. The van der Waals surface area contributed by atoms with Gasteiger partial charge in [-0.25, -0.2) is 4.79 Å². The monoisotopic (exact) mass is 482 g/mol. The molecule has 1 aliphatic carbocycles. The molecule has 2 atom stereocenters. The van der Waals surface area contributed by atoms with Crippen molar-refractivity contribution in [1.29, 1.82) is 0 Å². The summed E-state index contributed by atoms with van der Waals surface area (Å²) in [4.78, 5) is 37.8. The number of carbonyl (C=O) groups excluding carboxylic acids is 2. The summed E-state index contributed by atoms with van der Waals surface area (Å²) in [7, 11) is 1.48. The minimum absolute atomic E-state index is 0.0392. The van der Waals surface area contributed by atoms with E-state index in [-0.39, 0.29) is 38.1 Å². The van der Waals surface area contributed by atoms with E-state index < -0.39 is 30.6 Å². The number of rotatable bonds is 10. The summed E-state index contributed by atoms with van der Waals surface area (Å²) in [5.41, 5.74) is 4.57. The molecule has 2 unspecified atom stereocenters. The van der Waals surface area contributed by atoms with Gasteiger partial charge in [-0.2, -0.15) is 0 Å². The molecule has 9 heteroatoms. The van der Waals surface area contributed by atoms with Crippen LogP contribution in [0.2, 0.25) is 0 Å². The van der Waals surface area contributed by atoms with Crippen LogP contribution in [0.1, 0.15) is 23.5 Å². The number of aliphatic carboxylic acids is 1. The van der Waals surface area contributed by atoms with Crippen molar-refractivity contribution >= 4 is 18.0 Å². The fraction of sp³-hybridized carbons (Fsp3) is 0.423. The fourth-order valence-electron chi connectivity index (χ4n) is 4.79. The number of carboxylic acids is 1. The van der Waals surface area contributed by atoms with Crippen molar-refractivity contribution in [3.05, 3.63) is 59.7 Å². The Labute approximate surface area is 204 Å². The molecule has 0 radical (unpaired) electrons. The predicted octanol–water partition coefficient (Wildman–Crippen LogP) is 2.49. The van der Waals surface area contributed by atoms with Gasteiger partial charge in [0.15, 0.2) is 0 Å². The van der Waals surface area contributed by atoms with Crippen LogP contribution in [0.4, 0.5) is 4.79 Å². The number of benzene rings is 2. The third-order valence-corrected chi connectivity index (χ3v) is 6.51. The van der Waals surface area contributed by atoms with Gasteiger partial charge in [-0.1, -0.05) is 48.5 Å². The van der Waals surface area contributed by atoms with E-state index in [0.29, 0.717) is 13.0 Å². The molecule has 2 N–H and O–H groups in total. The number of nitrogens with one attached hydrogen (secondary N) is 1. The lowest BCUT2D eigenvalue weighted by atomic mass is 9.98. The Bertz CT molecular complexity index is 1030. The van der Waals surface area contributed by atoms with Gasteiger partial charge < -0.3 is 29.5 Å². The van der Waals surface area contributed by atoms with Crippen LogP contribution in [0, 0.1) is 5.92 Å². The van der Waals surface area contributed by atoms with Gasteiger partial charge in [0.1, 0.15) is 19.3 Å². The van der Waals surface area contributed by atoms with Crippen LogP contribution in [0.25, 0.3) is 11.1 Å². The smallest absolute Gasteiger partial charge is 0.407 e. The first kappa shape index (κ1) is 24.7. The maximum absolute atomic E-state index is 12.9. The largest absolute Gasteiger partial charge is 0.480 e. The maximum Gasteiger partial charge on any atom is 0.407 e. The zero-order valence-electron chi connectivity index (χ0n) is 19.6. The number of methoxy groups -OCH3 is 1. The first-order valence-electron chi connectivity index (χ1n) is 11.7. The SMILES string of the molecule is COCCN(CC(=O)O)C(=O)C1OCCC1CNC(=O)OCC1c2ccccc2-c2ccccc21. The highest BCUT2D eigenvalue weighted by atomic mass is 16.5. The number of hydrogen-bond donors (Lipinski definition) is 2. The van der Waals surface area contributed by atoms with E-state index in [1.165, 1.54) is 12.0 Å². The van der Waals surface area contributed by atoms with Gasteiger partial charge in [0, 0.05) is 38.6 Å². The number of alkyl carbamates (subject to hydrolysis) is 1. The molecule has 0 spiro atoms. The van der Waals surface area contributed by atoms with Crippen LogP contribution in [-0.4, -0.2) is 80.6 Å². The summed E-state index contributed by atoms with van der Waals surface area (Å²) in [6.45, 7) is 0.681.